The zero-order valence-electron chi connectivity index (χ0n) is 19.9. The summed E-state index contributed by atoms with van der Waals surface area (Å²) < 4.78 is 16.9. The van der Waals surface area contributed by atoms with Crippen molar-refractivity contribution in [1.82, 2.24) is 10.7 Å². The highest BCUT2D eigenvalue weighted by molar-refractivity contribution is 14.1. The number of aryl methyl sites for hydroxylation is 1. The number of hydrazone groups is 1. The van der Waals surface area contributed by atoms with E-state index in [1.165, 1.54) is 19.6 Å². The molecule has 0 atom stereocenters. The summed E-state index contributed by atoms with van der Waals surface area (Å²) in [7, 11) is 1.47. The molecule has 0 unspecified atom stereocenters. The Morgan fingerprint density at radius 2 is 1.92 bits per heavy atom. The number of nitrogens with one attached hydrogen (secondary N) is 3. The van der Waals surface area contributed by atoms with E-state index in [0.29, 0.717) is 26.4 Å². The predicted molar refractivity (Wildman–Crippen MR) is 142 cm³/mol. The van der Waals surface area contributed by atoms with E-state index in [9.17, 15) is 14.4 Å². The van der Waals surface area contributed by atoms with Crippen LogP contribution in [0.25, 0.3) is 0 Å². The molecular weight excluding hydrogens is 579 g/mol. The number of carbonyl (C=O) groups excluding carboxylic acids is 3. The first kappa shape index (κ1) is 26.7. The van der Waals surface area contributed by atoms with Gasteiger partial charge in [0.25, 0.3) is 5.91 Å². The van der Waals surface area contributed by atoms with Gasteiger partial charge in [0.1, 0.15) is 5.76 Å². The molecule has 0 aliphatic heterocycles. The smallest absolute Gasteiger partial charge is 0.329 e. The van der Waals surface area contributed by atoms with Crippen LogP contribution in [0.2, 0.25) is 0 Å². The minimum absolute atomic E-state index is 0.0858. The fraction of sp³-hybridized carbons (Fsp3) is 0.200. The number of halogens is 1. The second-order valence-electron chi connectivity index (χ2n) is 7.58. The largest absolute Gasteiger partial charge is 0.493 e. The molecule has 0 spiro atoms. The molecule has 2 aromatic carbocycles. The first-order chi connectivity index (χ1) is 17.3. The van der Waals surface area contributed by atoms with E-state index in [1.54, 1.807) is 24.3 Å². The fourth-order valence-corrected chi connectivity index (χ4v) is 3.82. The molecule has 0 aliphatic carbocycles. The van der Waals surface area contributed by atoms with Crippen molar-refractivity contribution < 1.29 is 28.3 Å². The molecule has 0 saturated carbocycles. The number of methoxy groups -OCH3 is 1. The van der Waals surface area contributed by atoms with E-state index in [2.05, 4.69) is 21.2 Å². The summed E-state index contributed by atoms with van der Waals surface area (Å²) in [4.78, 5) is 36.2. The lowest BCUT2D eigenvalue weighted by molar-refractivity contribution is -0.139. The van der Waals surface area contributed by atoms with Crippen molar-refractivity contribution in [1.29, 1.82) is 0 Å². The summed E-state index contributed by atoms with van der Waals surface area (Å²) in [5.41, 5.74) is 5.54. The summed E-state index contributed by atoms with van der Waals surface area (Å²) in [6.07, 6.45) is 2.83. The van der Waals surface area contributed by atoms with E-state index >= 15 is 0 Å². The number of anilines is 1. The number of benzene rings is 2. The van der Waals surface area contributed by atoms with Crippen LogP contribution in [-0.4, -0.2) is 37.7 Å². The Labute approximate surface area is 221 Å². The van der Waals surface area contributed by atoms with E-state index in [4.69, 9.17) is 13.9 Å². The molecule has 0 aliphatic rings. The lowest BCUT2D eigenvalue weighted by Crippen LogP contribution is -2.37. The zero-order chi connectivity index (χ0) is 26.1. The van der Waals surface area contributed by atoms with Crippen LogP contribution in [0, 0.1) is 17.4 Å². The number of hydrogen-bond acceptors (Lipinski definition) is 7. The average molecular weight is 604 g/mol. The van der Waals surface area contributed by atoms with Gasteiger partial charge in [0, 0.05) is 5.69 Å². The quantitative estimate of drug-likeness (QED) is 0.149. The molecule has 0 bridgehead atoms. The van der Waals surface area contributed by atoms with Gasteiger partial charge in [-0.15, -0.1) is 0 Å². The third kappa shape index (κ3) is 7.31. The van der Waals surface area contributed by atoms with Gasteiger partial charge in [0.15, 0.2) is 18.1 Å². The second kappa shape index (κ2) is 12.7. The number of rotatable bonds is 9. The summed E-state index contributed by atoms with van der Waals surface area (Å²) in [5, 5.41) is 9.09. The van der Waals surface area contributed by atoms with Crippen molar-refractivity contribution in [3.63, 3.8) is 0 Å². The SMILES string of the molecule is COc1cc(/C=N\NC(=O)C(=O)NCc2ccco2)cc(I)c1OCC(=O)Nc1cccc(C)c1C. The van der Waals surface area contributed by atoms with Gasteiger partial charge in [-0.3, -0.25) is 14.4 Å². The van der Waals surface area contributed by atoms with Gasteiger partial charge in [-0.05, 0) is 83.5 Å². The predicted octanol–water partition coefficient (Wildman–Crippen LogP) is 3.29. The Balaban J connectivity index is 1.56. The maximum absolute atomic E-state index is 12.4. The molecule has 188 valence electrons. The molecule has 36 heavy (non-hydrogen) atoms. The van der Waals surface area contributed by atoms with Gasteiger partial charge in [-0.2, -0.15) is 5.10 Å². The van der Waals surface area contributed by atoms with E-state index in [1.807, 2.05) is 54.6 Å². The van der Waals surface area contributed by atoms with Crippen LogP contribution in [-0.2, 0) is 20.9 Å². The average Bonchev–Trinajstić information content (AvgIpc) is 3.38. The Morgan fingerprint density at radius 3 is 2.64 bits per heavy atom. The van der Waals surface area contributed by atoms with Gasteiger partial charge in [-0.1, -0.05) is 12.1 Å². The lowest BCUT2D eigenvalue weighted by atomic mass is 10.1. The molecule has 11 heteroatoms. The minimum Gasteiger partial charge on any atom is -0.493 e. The highest BCUT2D eigenvalue weighted by Gasteiger charge is 2.15. The Morgan fingerprint density at radius 1 is 1.11 bits per heavy atom. The standard InChI is InChI=1S/C25H25IN4O6/c1-15-6-4-8-20(16(15)2)29-22(31)14-36-23-19(26)10-17(11-21(23)34-3)12-28-30-25(33)24(32)27-13-18-7-5-9-35-18/h4-12H,13-14H2,1-3H3,(H,27,32)(H,29,31)(H,30,33)/b28-12-. The Bertz CT molecular complexity index is 1270. The highest BCUT2D eigenvalue weighted by Crippen LogP contribution is 2.33. The van der Waals surface area contributed by atoms with Gasteiger partial charge in [0.05, 0.1) is 29.7 Å². The topological polar surface area (TPSA) is 131 Å². The van der Waals surface area contributed by atoms with Crippen LogP contribution >= 0.6 is 22.6 Å². The highest BCUT2D eigenvalue weighted by atomic mass is 127. The van der Waals surface area contributed by atoms with Crippen LogP contribution in [0.15, 0.2) is 58.2 Å². The number of carbonyl (C=O) groups is 3. The number of hydrogen-bond donors (Lipinski definition) is 3. The molecule has 3 amide bonds. The molecule has 3 rings (SSSR count). The summed E-state index contributed by atoms with van der Waals surface area (Å²) >= 11 is 2.05. The van der Waals surface area contributed by atoms with E-state index < -0.39 is 11.8 Å². The van der Waals surface area contributed by atoms with Crippen molar-refractivity contribution in [3.05, 3.63) is 74.7 Å². The Kier molecular flexibility index (Phi) is 9.45. The van der Waals surface area contributed by atoms with Crippen LogP contribution in [0.5, 0.6) is 11.5 Å². The van der Waals surface area contributed by atoms with Crippen molar-refractivity contribution in [2.75, 3.05) is 19.0 Å². The van der Waals surface area contributed by atoms with Crippen molar-refractivity contribution >= 4 is 52.2 Å². The van der Waals surface area contributed by atoms with Crippen molar-refractivity contribution in [2.45, 2.75) is 20.4 Å². The van der Waals surface area contributed by atoms with E-state index in [-0.39, 0.29) is 19.1 Å². The van der Waals surface area contributed by atoms with Gasteiger partial charge in [-0.25, -0.2) is 5.43 Å². The lowest BCUT2D eigenvalue weighted by Gasteiger charge is -2.14. The van der Waals surface area contributed by atoms with Crippen molar-refractivity contribution in [2.24, 2.45) is 5.10 Å². The number of furan rings is 1. The normalized spacial score (nSPS) is 10.7. The molecule has 10 nitrogen and oxygen atoms in total. The van der Waals surface area contributed by atoms with Crippen LogP contribution in [0.3, 0.4) is 0 Å². The maximum atomic E-state index is 12.4. The van der Waals surface area contributed by atoms with Crippen molar-refractivity contribution in [3.8, 4) is 11.5 Å². The summed E-state index contributed by atoms with van der Waals surface area (Å²) in [6.45, 7) is 3.79. The second-order valence-corrected chi connectivity index (χ2v) is 8.74. The third-order valence-corrected chi connectivity index (χ3v) is 5.87. The zero-order valence-corrected chi connectivity index (χ0v) is 22.0. The maximum Gasteiger partial charge on any atom is 0.329 e. The monoisotopic (exact) mass is 604 g/mol. The van der Waals surface area contributed by atoms with Gasteiger partial charge in [0.2, 0.25) is 0 Å². The molecule has 3 N–H and O–H groups in total. The molecule has 1 heterocycles. The fourth-order valence-electron chi connectivity index (χ4n) is 3.04. The summed E-state index contributed by atoms with van der Waals surface area (Å²) in [5.74, 6) is -0.780. The number of amides is 3. The third-order valence-electron chi connectivity index (χ3n) is 5.07. The Hall–Kier alpha value is -3.87. The van der Waals surface area contributed by atoms with Crippen LogP contribution in [0.4, 0.5) is 5.69 Å². The first-order valence-electron chi connectivity index (χ1n) is 10.8. The molecule has 0 radical (unpaired) electrons. The first-order valence-corrected chi connectivity index (χ1v) is 11.9. The number of nitrogens with zero attached hydrogens (tertiary/aromatic N) is 1. The van der Waals surface area contributed by atoms with Gasteiger partial charge < -0.3 is 24.5 Å². The van der Waals surface area contributed by atoms with Gasteiger partial charge >= 0.3 is 11.8 Å². The molecule has 1 aromatic heterocycles. The molecule has 3 aromatic rings. The molecule has 0 fully saturated rings. The van der Waals surface area contributed by atoms with Crippen LogP contribution in [0.1, 0.15) is 22.5 Å². The minimum atomic E-state index is -0.922. The van der Waals surface area contributed by atoms with Crippen LogP contribution < -0.4 is 25.5 Å². The molecular formula is C25H25IN4O6. The summed E-state index contributed by atoms with van der Waals surface area (Å²) in [6, 6.07) is 12.4. The molecule has 0 saturated heterocycles. The number of ether oxygens (including phenoxy) is 2. The van der Waals surface area contributed by atoms with E-state index in [0.717, 1.165) is 16.8 Å².